The van der Waals surface area contributed by atoms with E-state index in [0.29, 0.717) is 12.0 Å². The van der Waals surface area contributed by atoms with Crippen LogP contribution in [0.15, 0.2) is 59.6 Å². The fourth-order valence-electron chi connectivity index (χ4n) is 6.72. The highest BCUT2D eigenvalue weighted by atomic mass is 19.4. The lowest BCUT2D eigenvalue weighted by atomic mass is 9.93. The molecule has 0 unspecified atom stereocenters. The predicted octanol–water partition coefficient (Wildman–Crippen LogP) is 3.33. The summed E-state index contributed by atoms with van der Waals surface area (Å²) in [7, 11) is 0. The maximum absolute atomic E-state index is 13.4. The van der Waals surface area contributed by atoms with Crippen molar-refractivity contribution < 1.29 is 62.1 Å². The summed E-state index contributed by atoms with van der Waals surface area (Å²) in [6.45, 7) is 0.393. The number of halogens is 3. The molecule has 2 aliphatic heterocycles. The lowest BCUT2D eigenvalue weighted by molar-refractivity contribution is -0.293. The Morgan fingerprint density at radius 2 is 1.58 bits per heavy atom. The summed E-state index contributed by atoms with van der Waals surface area (Å²) < 4.78 is 63.7. The van der Waals surface area contributed by atoms with Gasteiger partial charge < -0.3 is 61.1 Å². The number of nitrogens with zero attached hydrogens (tertiary/aromatic N) is 1. The smallest absolute Gasteiger partial charge is 0.416 e. The molecule has 0 bridgehead atoms. The van der Waals surface area contributed by atoms with Crippen molar-refractivity contribution in [3.8, 4) is 0 Å². The molecule has 0 radical (unpaired) electrons. The van der Waals surface area contributed by atoms with Crippen molar-refractivity contribution in [2.24, 2.45) is 10.7 Å². The van der Waals surface area contributed by atoms with Gasteiger partial charge in [-0.3, -0.25) is 4.79 Å². The van der Waals surface area contributed by atoms with Gasteiger partial charge in [0, 0.05) is 12.1 Å². The number of guanidine groups is 1. The van der Waals surface area contributed by atoms with Crippen molar-refractivity contribution in [2.75, 3.05) is 25.1 Å². The molecule has 15 nitrogen and oxygen atoms in total. The molecule has 2 aromatic rings. The molecule has 2 heterocycles. The number of ether oxygens (including phenoxy) is 4. The van der Waals surface area contributed by atoms with Crippen molar-refractivity contribution in [1.29, 1.82) is 0 Å². The van der Waals surface area contributed by atoms with E-state index in [0.717, 1.165) is 50.7 Å². The number of amides is 2. The van der Waals surface area contributed by atoms with Crippen LogP contribution in [0, 0.1) is 0 Å². The first-order valence-corrected chi connectivity index (χ1v) is 19.4. The maximum atomic E-state index is 13.4. The zero-order valence-electron chi connectivity index (χ0n) is 32.0. The Hall–Kier alpha value is -4.04. The molecule has 2 saturated heterocycles. The fourth-order valence-corrected chi connectivity index (χ4v) is 6.72. The standard InChI is InChI=1S/C39H56F3N5O10/c1-2-3-4-5-6-7-8-12-18-30(50)46-31-28(20-48)54-23-27(45-37(43)44-26-17-13-16-25(19-26)39(40,41)42)35(31)57-36-32(34(52)33(51)29(21-49)56-36)47-38(53)55-22-24-14-10-9-11-15-24/h9-11,13-17,19,27-29,31-36,48-49,51-52H,2-8,12,18,20-23H2,1H3,(H,46,50)(H,47,53)(H3,43,44,45)/t27-,28+,29+,31-,32+,33+,34+,35+,36-/m0/s1. The van der Waals surface area contributed by atoms with Gasteiger partial charge in [-0.2, -0.15) is 13.2 Å². The number of hydrogen-bond donors (Lipinski definition) is 8. The number of nitrogens with one attached hydrogen (secondary N) is 3. The molecule has 2 aromatic carbocycles. The third kappa shape index (κ3) is 14.1. The van der Waals surface area contributed by atoms with Gasteiger partial charge in [-0.25, -0.2) is 9.79 Å². The number of rotatable bonds is 19. The number of aliphatic hydroxyl groups is 4. The number of aliphatic imine (C=N–C) groups is 1. The molecule has 9 atom stereocenters. The molecule has 0 spiro atoms. The molecule has 2 amide bonds. The summed E-state index contributed by atoms with van der Waals surface area (Å²) in [4.78, 5) is 30.8. The van der Waals surface area contributed by atoms with Crippen LogP contribution in [0.3, 0.4) is 0 Å². The molecule has 57 heavy (non-hydrogen) atoms. The van der Waals surface area contributed by atoms with Crippen molar-refractivity contribution in [3.05, 3.63) is 65.7 Å². The number of benzene rings is 2. The summed E-state index contributed by atoms with van der Waals surface area (Å²) in [6, 6.07) is 9.23. The van der Waals surface area contributed by atoms with Crippen LogP contribution < -0.4 is 21.7 Å². The number of hydrogen-bond acceptors (Lipinski definition) is 11. The van der Waals surface area contributed by atoms with Crippen LogP contribution in [-0.2, 0) is 36.5 Å². The summed E-state index contributed by atoms with van der Waals surface area (Å²) >= 11 is 0. The Morgan fingerprint density at radius 1 is 0.895 bits per heavy atom. The van der Waals surface area contributed by atoms with Crippen LogP contribution in [-0.4, -0.2) is 113 Å². The monoisotopic (exact) mass is 811 g/mol. The van der Waals surface area contributed by atoms with Gasteiger partial charge in [0.25, 0.3) is 0 Å². The van der Waals surface area contributed by atoms with Crippen LogP contribution in [0.2, 0.25) is 0 Å². The molecule has 0 aromatic heterocycles. The minimum atomic E-state index is -4.62. The zero-order valence-corrected chi connectivity index (χ0v) is 32.0. The van der Waals surface area contributed by atoms with E-state index < -0.39 is 91.9 Å². The Labute approximate surface area is 330 Å². The first kappa shape index (κ1) is 45.7. The number of alkyl carbamates (subject to hydrolysis) is 1. The Kier molecular flexibility index (Phi) is 18.2. The highest BCUT2D eigenvalue weighted by Gasteiger charge is 2.50. The van der Waals surface area contributed by atoms with E-state index >= 15 is 0 Å². The number of carbonyl (C=O) groups excluding carboxylic acids is 2. The molecule has 2 fully saturated rings. The molecule has 0 aliphatic carbocycles. The van der Waals surface area contributed by atoms with Crippen molar-refractivity contribution >= 4 is 23.6 Å². The van der Waals surface area contributed by atoms with Crippen LogP contribution in [0.5, 0.6) is 0 Å². The van der Waals surface area contributed by atoms with Gasteiger partial charge >= 0.3 is 12.3 Å². The third-order valence-electron chi connectivity index (χ3n) is 9.82. The molecular weight excluding hydrogens is 755 g/mol. The van der Waals surface area contributed by atoms with Crippen LogP contribution in [0.4, 0.5) is 23.7 Å². The van der Waals surface area contributed by atoms with E-state index in [4.69, 9.17) is 24.7 Å². The van der Waals surface area contributed by atoms with Crippen LogP contribution in [0.25, 0.3) is 0 Å². The Bertz CT molecular complexity index is 1560. The van der Waals surface area contributed by atoms with Gasteiger partial charge in [-0.1, -0.05) is 88.3 Å². The Morgan fingerprint density at radius 3 is 2.25 bits per heavy atom. The zero-order chi connectivity index (χ0) is 41.4. The summed E-state index contributed by atoms with van der Waals surface area (Å²) in [5, 5.41) is 50.2. The molecule has 18 heteroatoms. The molecule has 4 rings (SSSR count). The summed E-state index contributed by atoms with van der Waals surface area (Å²) in [6.07, 6.45) is -6.27. The van der Waals surface area contributed by atoms with E-state index in [-0.39, 0.29) is 31.3 Å². The maximum Gasteiger partial charge on any atom is 0.416 e. The van der Waals surface area contributed by atoms with Crippen molar-refractivity contribution in [2.45, 2.75) is 132 Å². The SMILES string of the molecule is CCCCCCCCCCC(=O)N[C@@H]1[C@H](O[C@@H]2O[C@H](CO)[C@@H](O)[C@H](O)[C@H]2NC(=O)OCc2ccccc2)[C@@H](N=C(N)Nc2cccc(C(F)(F)F)c2)CO[C@@H]1CO. The van der Waals surface area contributed by atoms with E-state index in [1.54, 1.807) is 30.3 Å². The molecule has 2 aliphatic rings. The van der Waals surface area contributed by atoms with Gasteiger partial charge in [0.2, 0.25) is 5.91 Å². The molecule has 0 saturated carbocycles. The number of aliphatic hydroxyl groups excluding tert-OH is 4. The minimum absolute atomic E-state index is 0.0273. The first-order valence-electron chi connectivity index (χ1n) is 19.4. The quantitative estimate of drug-likeness (QED) is 0.0581. The van der Waals surface area contributed by atoms with Gasteiger partial charge in [-0.05, 0) is 30.2 Å². The molecule has 318 valence electrons. The van der Waals surface area contributed by atoms with E-state index in [2.05, 4.69) is 27.9 Å². The molecule has 9 N–H and O–H groups in total. The van der Waals surface area contributed by atoms with Crippen molar-refractivity contribution in [3.63, 3.8) is 0 Å². The van der Waals surface area contributed by atoms with Gasteiger partial charge in [0.05, 0.1) is 31.4 Å². The second-order valence-corrected chi connectivity index (χ2v) is 14.2. The van der Waals surface area contributed by atoms with Crippen molar-refractivity contribution in [1.82, 2.24) is 10.6 Å². The van der Waals surface area contributed by atoms with Gasteiger partial charge in [-0.15, -0.1) is 0 Å². The average Bonchev–Trinajstić information content (AvgIpc) is 3.19. The van der Waals surface area contributed by atoms with E-state index in [1.807, 2.05) is 0 Å². The van der Waals surface area contributed by atoms with Gasteiger partial charge in [0.15, 0.2) is 12.2 Å². The highest BCUT2D eigenvalue weighted by molar-refractivity contribution is 5.92. The minimum Gasteiger partial charge on any atom is -0.445 e. The number of nitrogens with two attached hydrogens (primary N) is 1. The second-order valence-electron chi connectivity index (χ2n) is 14.2. The summed E-state index contributed by atoms with van der Waals surface area (Å²) in [5.41, 5.74) is 5.91. The van der Waals surface area contributed by atoms with Crippen LogP contribution >= 0.6 is 0 Å². The largest absolute Gasteiger partial charge is 0.445 e. The Balaban J connectivity index is 1.59. The third-order valence-corrected chi connectivity index (χ3v) is 9.82. The number of anilines is 1. The average molecular weight is 812 g/mol. The lowest BCUT2D eigenvalue weighted by Gasteiger charge is -2.47. The van der Waals surface area contributed by atoms with Crippen LogP contribution in [0.1, 0.15) is 75.8 Å². The number of carbonyl (C=O) groups is 2. The number of alkyl halides is 3. The normalized spacial score (nSPS) is 26.7. The van der Waals surface area contributed by atoms with E-state index in [1.165, 1.54) is 18.6 Å². The topological polar surface area (TPSA) is 226 Å². The lowest BCUT2D eigenvalue weighted by Crippen LogP contribution is -2.68. The first-order chi connectivity index (χ1) is 27.3. The van der Waals surface area contributed by atoms with Gasteiger partial charge in [0.1, 0.15) is 49.2 Å². The predicted molar refractivity (Wildman–Crippen MR) is 203 cm³/mol. The fraction of sp³-hybridized carbons (Fsp3) is 0.615. The molecular formula is C39H56F3N5O10. The number of unbranched alkanes of at least 4 members (excludes halogenated alkanes) is 7. The summed E-state index contributed by atoms with van der Waals surface area (Å²) in [5.74, 6) is -0.746. The van der Waals surface area contributed by atoms with E-state index in [9.17, 15) is 43.2 Å². The highest BCUT2D eigenvalue weighted by Crippen LogP contribution is 2.31. The second kappa shape index (κ2) is 22.8.